The Balaban J connectivity index is 0.000000173. The van der Waals surface area contributed by atoms with Crippen LogP contribution in [0.4, 0.5) is 0 Å². The quantitative estimate of drug-likeness (QED) is 0.391. The number of aromatic amines is 1. The fraction of sp³-hybridized carbons (Fsp3) is 0.450. The van der Waals surface area contributed by atoms with Gasteiger partial charge in [-0.25, -0.2) is 9.76 Å². The minimum Gasteiger partial charge on any atom is -0.497 e. The van der Waals surface area contributed by atoms with E-state index in [2.05, 4.69) is 21.1 Å². The van der Waals surface area contributed by atoms with Crippen molar-refractivity contribution in [2.24, 2.45) is 0 Å². The van der Waals surface area contributed by atoms with Crippen molar-refractivity contribution in [2.75, 3.05) is 45.1 Å². The van der Waals surface area contributed by atoms with Crippen LogP contribution in [-0.2, 0) is 9.09 Å². The molecular formula is C20H27Cl2N4O3P. The van der Waals surface area contributed by atoms with Gasteiger partial charge in [-0.3, -0.25) is 9.55 Å². The number of aryl methyl sites for hydroxylation is 1. The molecule has 0 aliphatic carbocycles. The molecule has 30 heavy (non-hydrogen) atoms. The average Bonchev–Trinajstić information content (AvgIpc) is 3.14. The van der Waals surface area contributed by atoms with Gasteiger partial charge in [0, 0.05) is 54.4 Å². The SMILES string of the molecule is COc1ccc2c(c1)[nH]c1c(C)nccc12.O=P1(N(CCCl)CCCl)NCCCO1. The number of nitrogens with one attached hydrogen (secondary N) is 2. The third kappa shape index (κ3) is 5.28. The molecule has 0 bridgehead atoms. The van der Waals surface area contributed by atoms with Crippen LogP contribution in [0.2, 0.25) is 0 Å². The molecular weight excluding hydrogens is 446 g/mol. The minimum atomic E-state index is -2.84. The molecule has 0 radical (unpaired) electrons. The smallest absolute Gasteiger partial charge is 0.343 e. The van der Waals surface area contributed by atoms with Crippen LogP contribution < -0.4 is 9.82 Å². The number of fused-ring (bicyclic) bond motifs is 3. The van der Waals surface area contributed by atoms with Crippen molar-refractivity contribution in [3.8, 4) is 5.75 Å². The summed E-state index contributed by atoms with van der Waals surface area (Å²) in [6.07, 6.45) is 2.73. The van der Waals surface area contributed by atoms with Gasteiger partial charge in [-0.05, 0) is 31.5 Å². The fourth-order valence-electron chi connectivity index (χ4n) is 3.35. The van der Waals surface area contributed by atoms with Crippen molar-refractivity contribution in [1.82, 2.24) is 19.7 Å². The number of H-pyrrole nitrogens is 1. The lowest BCUT2D eigenvalue weighted by Gasteiger charge is -2.33. The molecule has 1 atom stereocenters. The number of aromatic nitrogens is 2. The highest BCUT2D eigenvalue weighted by Crippen LogP contribution is 2.48. The molecule has 2 N–H and O–H groups in total. The number of pyridine rings is 1. The summed E-state index contributed by atoms with van der Waals surface area (Å²) in [5.41, 5.74) is 3.21. The van der Waals surface area contributed by atoms with Crippen LogP contribution in [0.3, 0.4) is 0 Å². The highest BCUT2D eigenvalue weighted by Gasteiger charge is 2.32. The molecule has 1 saturated heterocycles. The van der Waals surface area contributed by atoms with E-state index in [1.807, 2.05) is 31.3 Å². The molecule has 4 rings (SSSR count). The third-order valence-electron chi connectivity index (χ3n) is 4.87. The Morgan fingerprint density at radius 3 is 2.63 bits per heavy atom. The number of ether oxygens (including phenoxy) is 1. The van der Waals surface area contributed by atoms with Crippen LogP contribution in [0.25, 0.3) is 21.8 Å². The number of rotatable bonds is 6. The fourth-order valence-corrected chi connectivity index (χ4v) is 5.99. The van der Waals surface area contributed by atoms with E-state index >= 15 is 0 Å². The lowest BCUT2D eigenvalue weighted by molar-refractivity contribution is 0.233. The van der Waals surface area contributed by atoms with Gasteiger partial charge in [-0.15, -0.1) is 23.2 Å². The standard InChI is InChI=1S/C13H12N2O.C7H15Cl2N2O2P/c1-8-13-11(5-6-14-8)10-4-3-9(16-2)7-12(10)15-13;8-2-5-11(6-3-9)14(12)10-4-1-7-13-14/h3-7,15H,1-2H3;1-7H2,(H,10,12). The molecule has 1 aliphatic heterocycles. The topological polar surface area (TPSA) is 79.5 Å². The summed E-state index contributed by atoms with van der Waals surface area (Å²) in [5, 5.41) is 5.33. The Hall–Kier alpha value is -1.34. The van der Waals surface area contributed by atoms with E-state index in [0.29, 0.717) is 31.5 Å². The number of halogens is 2. The second-order valence-corrected chi connectivity index (χ2v) is 9.74. The van der Waals surface area contributed by atoms with Gasteiger partial charge in [0.05, 0.1) is 30.4 Å². The maximum atomic E-state index is 12.2. The van der Waals surface area contributed by atoms with Crippen molar-refractivity contribution in [3.63, 3.8) is 0 Å². The normalized spacial score (nSPS) is 19.1. The van der Waals surface area contributed by atoms with E-state index < -0.39 is 7.67 Å². The predicted molar refractivity (Wildman–Crippen MR) is 124 cm³/mol. The Kier molecular flexibility index (Phi) is 8.40. The van der Waals surface area contributed by atoms with Gasteiger partial charge in [0.1, 0.15) is 5.75 Å². The third-order valence-corrected chi connectivity index (χ3v) is 7.51. The lowest BCUT2D eigenvalue weighted by atomic mass is 10.1. The van der Waals surface area contributed by atoms with Gasteiger partial charge in [-0.1, -0.05) is 0 Å². The second-order valence-electron chi connectivity index (χ2n) is 6.80. The van der Waals surface area contributed by atoms with E-state index in [-0.39, 0.29) is 0 Å². The number of hydrogen-bond acceptors (Lipinski definition) is 4. The lowest BCUT2D eigenvalue weighted by Crippen LogP contribution is -2.35. The Bertz CT molecular complexity index is 1010. The van der Waals surface area contributed by atoms with Crippen LogP contribution in [0.15, 0.2) is 30.5 Å². The van der Waals surface area contributed by atoms with Crippen molar-refractivity contribution in [1.29, 1.82) is 0 Å². The summed E-state index contributed by atoms with van der Waals surface area (Å²) in [6, 6.07) is 8.10. The molecule has 0 amide bonds. The molecule has 3 aromatic rings. The maximum Gasteiger partial charge on any atom is 0.343 e. The first-order valence-electron chi connectivity index (χ1n) is 9.80. The van der Waals surface area contributed by atoms with Gasteiger partial charge in [0.25, 0.3) is 0 Å². The highest BCUT2D eigenvalue weighted by molar-refractivity contribution is 7.54. The molecule has 0 saturated carbocycles. The summed E-state index contributed by atoms with van der Waals surface area (Å²) in [7, 11) is -1.16. The molecule has 0 spiro atoms. The zero-order chi connectivity index (χ0) is 21.6. The highest BCUT2D eigenvalue weighted by atomic mass is 35.5. The van der Waals surface area contributed by atoms with Crippen LogP contribution in [0.1, 0.15) is 12.1 Å². The molecule has 1 unspecified atom stereocenters. The summed E-state index contributed by atoms with van der Waals surface area (Å²) < 4.78 is 24.4. The summed E-state index contributed by atoms with van der Waals surface area (Å²) >= 11 is 11.2. The van der Waals surface area contributed by atoms with E-state index in [0.717, 1.165) is 35.4 Å². The van der Waals surface area contributed by atoms with E-state index in [1.54, 1.807) is 11.8 Å². The largest absolute Gasteiger partial charge is 0.497 e. The zero-order valence-corrected chi connectivity index (χ0v) is 19.6. The monoisotopic (exact) mass is 472 g/mol. The van der Waals surface area contributed by atoms with Crippen molar-refractivity contribution in [3.05, 3.63) is 36.2 Å². The van der Waals surface area contributed by atoms with Crippen molar-refractivity contribution < 1.29 is 13.8 Å². The molecule has 7 nitrogen and oxygen atoms in total. The number of benzene rings is 1. The van der Waals surface area contributed by atoms with E-state index in [4.69, 9.17) is 32.5 Å². The zero-order valence-electron chi connectivity index (χ0n) is 17.2. The molecule has 1 aliphatic rings. The van der Waals surface area contributed by atoms with Gasteiger partial charge in [-0.2, -0.15) is 0 Å². The molecule has 1 aromatic carbocycles. The molecule has 2 aromatic heterocycles. The van der Waals surface area contributed by atoms with Crippen molar-refractivity contribution in [2.45, 2.75) is 13.3 Å². The summed E-state index contributed by atoms with van der Waals surface area (Å²) in [4.78, 5) is 7.66. The number of alkyl halides is 2. The van der Waals surface area contributed by atoms with Crippen LogP contribution in [0.5, 0.6) is 5.75 Å². The summed E-state index contributed by atoms with van der Waals surface area (Å²) in [5.74, 6) is 1.71. The van der Waals surface area contributed by atoms with E-state index in [9.17, 15) is 4.57 Å². The number of hydrogen-bond donors (Lipinski definition) is 2. The predicted octanol–water partition coefficient (Wildman–Crippen LogP) is 4.92. The molecule has 10 heteroatoms. The Labute approximate surface area is 186 Å². The molecule has 1 fully saturated rings. The number of methoxy groups -OCH3 is 1. The maximum absolute atomic E-state index is 12.2. The first-order valence-corrected chi connectivity index (χ1v) is 12.4. The Morgan fingerprint density at radius 2 is 2.00 bits per heavy atom. The number of nitrogens with zero attached hydrogens (tertiary/aromatic N) is 2. The Morgan fingerprint density at radius 1 is 1.23 bits per heavy atom. The van der Waals surface area contributed by atoms with Crippen molar-refractivity contribution >= 4 is 52.7 Å². The minimum absolute atomic E-state index is 0.423. The van der Waals surface area contributed by atoms with Gasteiger partial charge in [0.2, 0.25) is 0 Å². The van der Waals surface area contributed by atoms with Crippen LogP contribution in [-0.4, -0.2) is 59.7 Å². The van der Waals surface area contributed by atoms with E-state index in [1.165, 1.54) is 10.8 Å². The van der Waals surface area contributed by atoms with Gasteiger partial charge < -0.3 is 14.2 Å². The van der Waals surface area contributed by atoms with Gasteiger partial charge in [0.15, 0.2) is 0 Å². The second kappa shape index (κ2) is 10.8. The molecule has 3 heterocycles. The molecule has 164 valence electrons. The average molecular weight is 473 g/mol. The first kappa shape index (κ1) is 23.3. The van der Waals surface area contributed by atoms with Crippen LogP contribution >= 0.6 is 30.9 Å². The van der Waals surface area contributed by atoms with Gasteiger partial charge >= 0.3 is 7.67 Å². The summed E-state index contributed by atoms with van der Waals surface area (Å²) in [6.45, 7) is 4.32. The first-order chi connectivity index (χ1) is 14.5. The van der Waals surface area contributed by atoms with Crippen LogP contribution in [0, 0.1) is 6.92 Å².